The SMILES string of the molecule is CCCCCCCCCCCCCCCCCCSCCO[C@@H]1O[C@H](CO)[C@@H](O[C@@H]2O[C@H](CO)[C@H](O[C@H]3O[C@H](CO)[C@H](O)[C@H](O)[C@H]3O)[C@H](O)[C@H]2O)[C@H](O)[C@H]1NC(C)=O. The highest BCUT2D eigenvalue weighted by molar-refractivity contribution is 7.99. The molecule has 0 spiro atoms. The number of carbonyl (C=O) groups excluding carboxylic acids is 1. The molecule has 0 bridgehead atoms. The number of amides is 1. The van der Waals surface area contributed by atoms with Crippen molar-refractivity contribution in [2.75, 3.05) is 37.9 Å². The van der Waals surface area contributed by atoms with E-state index in [0.29, 0.717) is 5.75 Å². The van der Waals surface area contributed by atoms with E-state index in [1.165, 1.54) is 103 Å². The Labute approximate surface area is 348 Å². The zero-order valence-electron chi connectivity index (χ0n) is 34.5. The highest BCUT2D eigenvalue weighted by Crippen LogP contribution is 2.33. The molecule has 0 aromatic rings. The molecule has 17 nitrogen and oxygen atoms in total. The fourth-order valence-corrected chi connectivity index (χ4v) is 8.49. The van der Waals surface area contributed by atoms with Gasteiger partial charge < -0.3 is 79.7 Å². The van der Waals surface area contributed by atoms with Crippen LogP contribution in [0.4, 0.5) is 0 Å². The van der Waals surface area contributed by atoms with Crippen LogP contribution in [0.3, 0.4) is 0 Å². The molecule has 0 saturated carbocycles. The zero-order chi connectivity index (χ0) is 42.5. The molecule has 3 heterocycles. The Balaban J connectivity index is 1.39. The van der Waals surface area contributed by atoms with Crippen molar-refractivity contribution in [2.45, 2.75) is 209 Å². The second-order valence-electron chi connectivity index (χ2n) is 15.8. The van der Waals surface area contributed by atoms with Gasteiger partial charge in [-0.2, -0.15) is 11.8 Å². The number of hydrogen-bond donors (Lipinski definition) is 10. The van der Waals surface area contributed by atoms with Gasteiger partial charge in [-0.3, -0.25) is 4.79 Å². The first kappa shape index (κ1) is 51.6. The number of ether oxygens (including phenoxy) is 6. The fraction of sp³-hybridized carbons (Fsp3) is 0.975. The molecule has 0 unspecified atom stereocenters. The van der Waals surface area contributed by atoms with Gasteiger partial charge in [0.25, 0.3) is 0 Å². The predicted octanol–water partition coefficient (Wildman–Crippen LogP) is 0.590. The van der Waals surface area contributed by atoms with Crippen molar-refractivity contribution in [3.05, 3.63) is 0 Å². The van der Waals surface area contributed by atoms with Crippen molar-refractivity contribution in [2.24, 2.45) is 0 Å². The molecule has 58 heavy (non-hydrogen) atoms. The number of aliphatic hydroxyl groups is 9. The van der Waals surface area contributed by atoms with Crippen LogP contribution in [0.25, 0.3) is 0 Å². The number of carbonyl (C=O) groups is 1. The maximum absolute atomic E-state index is 12.1. The molecule has 3 saturated heterocycles. The van der Waals surface area contributed by atoms with Crippen LogP contribution in [0, 0.1) is 0 Å². The van der Waals surface area contributed by atoms with E-state index in [1.807, 2.05) is 0 Å². The summed E-state index contributed by atoms with van der Waals surface area (Å²) < 4.78 is 34.3. The number of nitrogens with one attached hydrogen (secondary N) is 1. The number of rotatable bonds is 29. The van der Waals surface area contributed by atoms with E-state index in [4.69, 9.17) is 28.4 Å². The number of hydrogen-bond acceptors (Lipinski definition) is 17. The summed E-state index contributed by atoms with van der Waals surface area (Å²) in [6.45, 7) is 1.54. The minimum atomic E-state index is -1.90. The van der Waals surface area contributed by atoms with E-state index in [0.717, 1.165) is 12.2 Å². The Hall–Kier alpha value is -0.780. The van der Waals surface area contributed by atoms with Crippen LogP contribution < -0.4 is 5.32 Å². The molecular weight excluding hydrogens is 782 g/mol. The first-order valence-electron chi connectivity index (χ1n) is 21.6. The van der Waals surface area contributed by atoms with E-state index in [-0.39, 0.29) is 6.61 Å². The predicted molar refractivity (Wildman–Crippen MR) is 213 cm³/mol. The number of aliphatic hydroxyl groups excluding tert-OH is 9. The van der Waals surface area contributed by atoms with Crippen LogP contribution >= 0.6 is 11.8 Å². The lowest BCUT2D eigenvalue weighted by Crippen LogP contribution is -2.68. The van der Waals surface area contributed by atoms with E-state index in [9.17, 15) is 50.8 Å². The lowest BCUT2D eigenvalue weighted by molar-refractivity contribution is -0.374. The average Bonchev–Trinajstić information content (AvgIpc) is 3.21. The molecule has 0 aromatic carbocycles. The Kier molecular flexibility index (Phi) is 25.6. The smallest absolute Gasteiger partial charge is 0.217 e. The second kappa shape index (κ2) is 28.7. The highest BCUT2D eigenvalue weighted by Gasteiger charge is 2.53. The average molecular weight is 858 g/mol. The van der Waals surface area contributed by atoms with Gasteiger partial charge in [0.2, 0.25) is 5.91 Å². The van der Waals surface area contributed by atoms with Crippen LogP contribution in [0.15, 0.2) is 0 Å². The van der Waals surface area contributed by atoms with Crippen molar-refractivity contribution >= 4 is 17.7 Å². The number of thioether (sulfide) groups is 1. The third kappa shape index (κ3) is 16.5. The first-order chi connectivity index (χ1) is 28.0. The van der Waals surface area contributed by atoms with Crippen LogP contribution in [0.1, 0.15) is 117 Å². The third-order valence-corrected chi connectivity index (χ3v) is 12.2. The summed E-state index contributed by atoms with van der Waals surface area (Å²) in [7, 11) is 0. The summed E-state index contributed by atoms with van der Waals surface area (Å²) in [6, 6.07) is -1.16. The summed E-state index contributed by atoms with van der Waals surface area (Å²) in [5, 5.41) is 96.4. The molecule has 0 radical (unpaired) electrons. The maximum atomic E-state index is 12.1. The largest absolute Gasteiger partial charge is 0.394 e. The molecule has 0 aromatic heterocycles. The Bertz CT molecular complexity index is 1080. The molecule has 0 aliphatic carbocycles. The highest BCUT2D eigenvalue weighted by atomic mass is 32.2. The van der Waals surface area contributed by atoms with Gasteiger partial charge in [-0.25, -0.2) is 0 Å². The van der Waals surface area contributed by atoms with Crippen LogP contribution in [-0.4, -0.2) is 182 Å². The summed E-state index contributed by atoms with van der Waals surface area (Å²) in [5.41, 5.74) is 0. The van der Waals surface area contributed by atoms with Gasteiger partial charge in [0, 0.05) is 12.7 Å². The minimum Gasteiger partial charge on any atom is -0.394 e. The first-order valence-corrected chi connectivity index (χ1v) is 22.8. The van der Waals surface area contributed by atoms with E-state index >= 15 is 0 Å². The molecule has 10 N–H and O–H groups in total. The Morgan fingerprint density at radius 2 is 0.966 bits per heavy atom. The molecule has 3 aliphatic heterocycles. The summed E-state index contributed by atoms with van der Waals surface area (Å²) in [5.74, 6) is 1.11. The van der Waals surface area contributed by atoms with Gasteiger partial charge in [-0.1, -0.05) is 103 Å². The Morgan fingerprint density at radius 3 is 1.45 bits per heavy atom. The van der Waals surface area contributed by atoms with Gasteiger partial charge in [-0.05, 0) is 12.2 Å². The normalized spacial score (nSPS) is 35.6. The van der Waals surface area contributed by atoms with Crippen LogP contribution in [0.2, 0.25) is 0 Å². The van der Waals surface area contributed by atoms with E-state index in [2.05, 4.69) is 12.2 Å². The van der Waals surface area contributed by atoms with Gasteiger partial charge in [0.05, 0.1) is 26.4 Å². The fourth-order valence-electron chi connectivity index (χ4n) is 7.67. The third-order valence-electron chi connectivity index (χ3n) is 11.1. The lowest BCUT2D eigenvalue weighted by atomic mass is 9.95. The Morgan fingerprint density at radius 1 is 0.534 bits per heavy atom. The van der Waals surface area contributed by atoms with Gasteiger partial charge in [0.15, 0.2) is 18.9 Å². The molecule has 3 rings (SSSR count). The molecule has 3 aliphatic rings. The molecule has 3 fully saturated rings. The summed E-state index contributed by atoms with van der Waals surface area (Å²) >= 11 is 1.73. The molecule has 15 atom stereocenters. The monoisotopic (exact) mass is 857 g/mol. The number of unbranched alkanes of at least 4 members (excludes halogenated alkanes) is 15. The quantitative estimate of drug-likeness (QED) is 0.0462. The van der Waals surface area contributed by atoms with E-state index in [1.54, 1.807) is 11.8 Å². The lowest BCUT2D eigenvalue weighted by Gasteiger charge is -2.48. The minimum absolute atomic E-state index is 0.241. The zero-order valence-corrected chi connectivity index (χ0v) is 35.3. The summed E-state index contributed by atoms with van der Waals surface area (Å²) in [4.78, 5) is 12.1. The molecular formula is C40H75NO16S. The van der Waals surface area contributed by atoms with Crippen molar-refractivity contribution < 1.29 is 79.2 Å². The van der Waals surface area contributed by atoms with Crippen LogP contribution in [-0.2, 0) is 33.2 Å². The standard InChI is InChI=1S/C40H75NO16S/c1-3-4-5-6-7-8-9-10-11-12-13-14-15-16-17-18-20-58-21-19-52-38-29(41-25(2)45)31(47)36(27(23-43)54-38)56-40-35(51)33(49)37(28(24-44)55-40)57-39-34(50)32(48)30(46)26(22-42)53-39/h26-40,42-44,46-51H,3-24H2,1-2H3,(H,41,45)/t26-,27-,28-,29-,30+,31-,32+,33-,34-,35-,36-,37+,38-,39-,40+/m1/s1. The van der Waals surface area contributed by atoms with Crippen molar-refractivity contribution in [1.82, 2.24) is 5.32 Å². The van der Waals surface area contributed by atoms with Gasteiger partial charge in [-0.15, -0.1) is 0 Å². The van der Waals surface area contributed by atoms with Gasteiger partial charge in [0.1, 0.15) is 73.2 Å². The summed E-state index contributed by atoms with van der Waals surface area (Å²) in [6.07, 6.45) is -1.13. The van der Waals surface area contributed by atoms with E-state index < -0.39 is 118 Å². The van der Waals surface area contributed by atoms with Crippen molar-refractivity contribution in [1.29, 1.82) is 0 Å². The van der Waals surface area contributed by atoms with Crippen molar-refractivity contribution in [3.63, 3.8) is 0 Å². The maximum Gasteiger partial charge on any atom is 0.217 e. The van der Waals surface area contributed by atoms with Gasteiger partial charge >= 0.3 is 0 Å². The van der Waals surface area contributed by atoms with Crippen molar-refractivity contribution in [3.8, 4) is 0 Å². The van der Waals surface area contributed by atoms with Crippen LogP contribution in [0.5, 0.6) is 0 Å². The molecule has 1 amide bonds. The second-order valence-corrected chi connectivity index (χ2v) is 17.1. The topological polar surface area (TPSA) is 267 Å². The molecule has 342 valence electrons. The molecule has 18 heteroatoms.